The maximum Gasteiger partial charge on any atom is 0.0700 e. The predicted octanol–water partition coefficient (Wildman–Crippen LogP) is 2.21. The van der Waals surface area contributed by atoms with E-state index in [0.29, 0.717) is 13.2 Å². The van der Waals surface area contributed by atoms with Crippen molar-refractivity contribution in [1.29, 1.82) is 0 Å². The normalized spacial score (nSPS) is 17.1. The van der Waals surface area contributed by atoms with Crippen LogP contribution < -0.4 is 5.32 Å². The molecule has 0 bridgehead atoms. The predicted molar refractivity (Wildman–Crippen MR) is 66.8 cm³/mol. The molecule has 0 unspecified atom stereocenters. The van der Waals surface area contributed by atoms with Crippen LogP contribution >= 0.6 is 0 Å². The number of ether oxygens (including phenoxy) is 2. The van der Waals surface area contributed by atoms with Gasteiger partial charge in [-0.2, -0.15) is 0 Å². The Morgan fingerprint density at radius 1 is 1.06 bits per heavy atom. The third-order valence-corrected chi connectivity index (χ3v) is 3.30. The molecule has 16 heavy (non-hydrogen) atoms. The third-order valence-electron chi connectivity index (χ3n) is 3.30. The Hall–Kier alpha value is -0.120. The second-order valence-electron chi connectivity index (χ2n) is 4.65. The highest BCUT2D eigenvalue weighted by atomic mass is 16.5. The SMILES string of the molecule is COCCOCCNCCCC1CCCC1. The van der Waals surface area contributed by atoms with E-state index in [2.05, 4.69) is 5.32 Å². The van der Waals surface area contributed by atoms with E-state index >= 15 is 0 Å². The number of nitrogens with one attached hydrogen (secondary N) is 1. The fourth-order valence-electron chi connectivity index (χ4n) is 2.33. The van der Waals surface area contributed by atoms with E-state index in [9.17, 15) is 0 Å². The standard InChI is InChI=1S/C13H27NO2/c1-15-11-12-16-10-9-14-8-4-7-13-5-2-3-6-13/h13-14H,2-12H2,1H3. The summed E-state index contributed by atoms with van der Waals surface area (Å²) >= 11 is 0. The molecule has 0 heterocycles. The van der Waals surface area contributed by atoms with Crippen LogP contribution in [0.2, 0.25) is 0 Å². The molecule has 1 aliphatic rings. The summed E-state index contributed by atoms with van der Waals surface area (Å²) < 4.78 is 10.3. The van der Waals surface area contributed by atoms with Gasteiger partial charge in [-0.15, -0.1) is 0 Å². The van der Waals surface area contributed by atoms with Gasteiger partial charge < -0.3 is 14.8 Å². The minimum absolute atomic E-state index is 0.696. The average Bonchev–Trinajstić information content (AvgIpc) is 2.80. The lowest BCUT2D eigenvalue weighted by Crippen LogP contribution is -2.22. The van der Waals surface area contributed by atoms with E-state index < -0.39 is 0 Å². The van der Waals surface area contributed by atoms with Crippen LogP contribution in [-0.2, 0) is 9.47 Å². The van der Waals surface area contributed by atoms with Gasteiger partial charge in [0.05, 0.1) is 19.8 Å². The third kappa shape index (κ3) is 7.20. The van der Waals surface area contributed by atoms with Crippen molar-refractivity contribution in [2.24, 2.45) is 5.92 Å². The molecule has 1 saturated carbocycles. The largest absolute Gasteiger partial charge is 0.382 e. The van der Waals surface area contributed by atoms with Gasteiger partial charge in [0.2, 0.25) is 0 Å². The summed E-state index contributed by atoms with van der Waals surface area (Å²) in [7, 11) is 1.70. The maximum absolute atomic E-state index is 5.37. The summed E-state index contributed by atoms with van der Waals surface area (Å²) in [5, 5.41) is 3.42. The molecule has 0 amide bonds. The molecule has 0 aromatic heterocycles. The highest BCUT2D eigenvalue weighted by Gasteiger charge is 2.13. The number of hydrogen-bond acceptors (Lipinski definition) is 3. The molecule has 96 valence electrons. The summed E-state index contributed by atoms with van der Waals surface area (Å²) in [5.41, 5.74) is 0. The minimum atomic E-state index is 0.696. The lowest BCUT2D eigenvalue weighted by molar-refractivity contribution is 0.0720. The second kappa shape index (κ2) is 10.1. The van der Waals surface area contributed by atoms with Crippen molar-refractivity contribution in [1.82, 2.24) is 5.32 Å². The number of hydrogen-bond donors (Lipinski definition) is 1. The Morgan fingerprint density at radius 3 is 2.62 bits per heavy atom. The van der Waals surface area contributed by atoms with Gasteiger partial charge in [0, 0.05) is 13.7 Å². The fourth-order valence-corrected chi connectivity index (χ4v) is 2.33. The summed E-state index contributed by atoms with van der Waals surface area (Å²) in [6, 6.07) is 0. The Bertz CT molecular complexity index is 147. The van der Waals surface area contributed by atoms with Crippen molar-refractivity contribution >= 4 is 0 Å². The Labute approximate surface area is 99.9 Å². The van der Waals surface area contributed by atoms with Crippen LogP contribution in [0.1, 0.15) is 38.5 Å². The van der Waals surface area contributed by atoms with Crippen molar-refractivity contribution in [2.75, 3.05) is 40.0 Å². The minimum Gasteiger partial charge on any atom is -0.382 e. The van der Waals surface area contributed by atoms with Gasteiger partial charge in [-0.05, 0) is 25.3 Å². The monoisotopic (exact) mass is 229 g/mol. The van der Waals surface area contributed by atoms with E-state index in [1.54, 1.807) is 7.11 Å². The molecule has 0 saturated heterocycles. The molecule has 0 aromatic rings. The van der Waals surface area contributed by atoms with Gasteiger partial charge in [0.1, 0.15) is 0 Å². The Kier molecular flexibility index (Phi) is 8.77. The average molecular weight is 229 g/mol. The van der Waals surface area contributed by atoms with E-state index in [1.807, 2.05) is 0 Å². The summed E-state index contributed by atoms with van der Waals surface area (Å²) in [6.07, 6.45) is 8.61. The van der Waals surface area contributed by atoms with Crippen molar-refractivity contribution in [2.45, 2.75) is 38.5 Å². The zero-order valence-electron chi connectivity index (χ0n) is 10.7. The van der Waals surface area contributed by atoms with Gasteiger partial charge in [-0.25, -0.2) is 0 Å². The van der Waals surface area contributed by atoms with Gasteiger partial charge >= 0.3 is 0 Å². The van der Waals surface area contributed by atoms with Gasteiger partial charge in [0.25, 0.3) is 0 Å². The van der Waals surface area contributed by atoms with E-state index in [-0.39, 0.29) is 0 Å². The highest BCUT2D eigenvalue weighted by molar-refractivity contribution is 4.67. The zero-order chi connectivity index (χ0) is 11.5. The molecule has 1 aliphatic carbocycles. The van der Waals surface area contributed by atoms with Gasteiger partial charge in [-0.3, -0.25) is 0 Å². The van der Waals surface area contributed by atoms with Crippen LogP contribution in [0.4, 0.5) is 0 Å². The van der Waals surface area contributed by atoms with Crippen molar-refractivity contribution in [3.05, 3.63) is 0 Å². The molecule has 0 aliphatic heterocycles. The van der Waals surface area contributed by atoms with E-state index in [1.165, 1.54) is 38.5 Å². The molecule has 0 atom stereocenters. The van der Waals surface area contributed by atoms with Crippen molar-refractivity contribution in [3.8, 4) is 0 Å². The zero-order valence-corrected chi connectivity index (χ0v) is 10.7. The first-order chi connectivity index (χ1) is 7.93. The molecule has 0 aromatic carbocycles. The molecule has 1 rings (SSSR count). The second-order valence-corrected chi connectivity index (χ2v) is 4.65. The van der Waals surface area contributed by atoms with Crippen LogP contribution in [0.15, 0.2) is 0 Å². The van der Waals surface area contributed by atoms with Crippen LogP contribution in [0.3, 0.4) is 0 Å². The molecule has 1 fully saturated rings. The first-order valence-electron chi connectivity index (χ1n) is 6.71. The first kappa shape index (κ1) is 13.9. The Balaban J connectivity index is 1.71. The molecule has 3 heteroatoms. The van der Waals surface area contributed by atoms with E-state index in [4.69, 9.17) is 9.47 Å². The van der Waals surface area contributed by atoms with Gasteiger partial charge in [0.15, 0.2) is 0 Å². The maximum atomic E-state index is 5.37. The highest BCUT2D eigenvalue weighted by Crippen LogP contribution is 2.28. The van der Waals surface area contributed by atoms with Crippen molar-refractivity contribution in [3.63, 3.8) is 0 Å². The Morgan fingerprint density at radius 2 is 1.88 bits per heavy atom. The first-order valence-corrected chi connectivity index (χ1v) is 6.71. The molecule has 0 spiro atoms. The van der Waals surface area contributed by atoms with Gasteiger partial charge in [-0.1, -0.05) is 25.7 Å². The lowest BCUT2D eigenvalue weighted by atomic mass is 10.0. The van der Waals surface area contributed by atoms with Crippen LogP contribution in [-0.4, -0.2) is 40.0 Å². The summed E-state index contributed by atoms with van der Waals surface area (Å²) in [6.45, 7) is 4.31. The topological polar surface area (TPSA) is 30.5 Å². The lowest BCUT2D eigenvalue weighted by Gasteiger charge is -2.09. The molecular weight excluding hydrogens is 202 g/mol. The molecule has 3 nitrogen and oxygen atoms in total. The number of rotatable bonds is 10. The quantitative estimate of drug-likeness (QED) is 0.583. The summed E-state index contributed by atoms with van der Waals surface area (Å²) in [5.74, 6) is 1.03. The van der Waals surface area contributed by atoms with Crippen LogP contribution in [0.5, 0.6) is 0 Å². The smallest absolute Gasteiger partial charge is 0.0700 e. The fraction of sp³-hybridized carbons (Fsp3) is 1.00. The molecule has 0 radical (unpaired) electrons. The molecule has 1 N–H and O–H groups in total. The number of methoxy groups -OCH3 is 1. The molecular formula is C13H27NO2. The van der Waals surface area contributed by atoms with Crippen molar-refractivity contribution < 1.29 is 9.47 Å². The van der Waals surface area contributed by atoms with E-state index in [0.717, 1.165) is 25.6 Å². The summed E-state index contributed by atoms with van der Waals surface area (Å²) in [4.78, 5) is 0. The van der Waals surface area contributed by atoms with Crippen LogP contribution in [0.25, 0.3) is 0 Å². The van der Waals surface area contributed by atoms with Crippen LogP contribution in [0, 0.1) is 5.92 Å².